The maximum absolute atomic E-state index is 12.5. The van der Waals surface area contributed by atoms with E-state index in [2.05, 4.69) is 5.32 Å². The van der Waals surface area contributed by atoms with Gasteiger partial charge in [0, 0.05) is 18.7 Å². The van der Waals surface area contributed by atoms with Gasteiger partial charge in [0.1, 0.15) is 6.04 Å². The molecule has 1 heterocycles. The molecule has 5 heteroatoms. The lowest BCUT2D eigenvalue weighted by Crippen LogP contribution is -2.50. The van der Waals surface area contributed by atoms with Crippen molar-refractivity contribution in [2.45, 2.75) is 13.0 Å². The van der Waals surface area contributed by atoms with E-state index in [1.165, 1.54) is 0 Å². The van der Waals surface area contributed by atoms with Gasteiger partial charge in [-0.15, -0.1) is 0 Å². The van der Waals surface area contributed by atoms with Crippen molar-refractivity contribution in [2.75, 3.05) is 26.3 Å². The van der Waals surface area contributed by atoms with Gasteiger partial charge in [0.05, 0.1) is 13.2 Å². The highest BCUT2D eigenvalue weighted by molar-refractivity contribution is 5.98. The van der Waals surface area contributed by atoms with Gasteiger partial charge < -0.3 is 15.0 Å². The first-order valence-electron chi connectivity index (χ1n) is 8.48. The Morgan fingerprint density at radius 2 is 1.68 bits per heavy atom. The molecule has 2 aromatic rings. The normalized spacial score (nSPS) is 15.5. The third-order valence-corrected chi connectivity index (χ3v) is 4.27. The van der Waals surface area contributed by atoms with E-state index in [1.807, 2.05) is 48.5 Å². The molecule has 3 rings (SSSR count). The van der Waals surface area contributed by atoms with E-state index in [4.69, 9.17) is 4.74 Å². The quantitative estimate of drug-likeness (QED) is 0.931. The van der Waals surface area contributed by atoms with Gasteiger partial charge in [0.25, 0.3) is 5.91 Å². The third kappa shape index (κ3) is 4.25. The lowest BCUT2D eigenvalue weighted by Gasteiger charge is -2.29. The van der Waals surface area contributed by atoms with Crippen LogP contribution in [-0.2, 0) is 9.53 Å². The van der Waals surface area contributed by atoms with E-state index in [9.17, 15) is 9.59 Å². The highest BCUT2D eigenvalue weighted by Gasteiger charge is 2.24. The summed E-state index contributed by atoms with van der Waals surface area (Å²) in [7, 11) is 0. The molecule has 1 fully saturated rings. The Bertz CT molecular complexity index is 740. The van der Waals surface area contributed by atoms with Crippen molar-refractivity contribution < 1.29 is 14.3 Å². The second-order valence-corrected chi connectivity index (χ2v) is 6.08. The van der Waals surface area contributed by atoms with Crippen LogP contribution >= 0.6 is 0 Å². The number of amides is 2. The molecule has 0 spiro atoms. The second-order valence-electron chi connectivity index (χ2n) is 6.08. The summed E-state index contributed by atoms with van der Waals surface area (Å²) in [5, 5.41) is 2.80. The van der Waals surface area contributed by atoms with Crippen LogP contribution in [0.25, 0.3) is 11.1 Å². The number of carbonyl (C=O) groups is 2. The molecule has 0 aromatic heterocycles. The lowest BCUT2D eigenvalue weighted by atomic mass is 10.0. The van der Waals surface area contributed by atoms with Gasteiger partial charge in [-0.25, -0.2) is 0 Å². The van der Waals surface area contributed by atoms with Crippen molar-refractivity contribution in [1.29, 1.82) is 0 Å². The average Bonchev–Trinajstić information content (AvgIpc) is 2.68. The van der Waals surface area contributed by atoms with E-state index in [-0.39, 0.29) is 11.8 Å². The molecule has 5 nitrogen and oxygen atoms in total. The molecule has 0 aliphatic carbocycles. The van der Waals surface area contributed by atoms with Crippen LogP contribution in [0.4, 0.5) is 0 Å². The van der Waals surface area contributed by atoms with Crippen LogP contribution in [0.15, 0.2) is 54.6 Å². The van der Waals surface area contributed by atoms with Gasteiger partial charge in [0.15, 0.2) is 0 Å². The van der Waals surface area contributed by atoms with Crippen molar-refractivity contribution in [3.8, 4) is 11.1 Å². The Labute approximate surface area is 147 Å². The zero-order valence-corrected chi connectivity index (χ0v) is 14.3. The molecule has 1 N–H and O–H groups in total. The summed E-state index contributed by atoms with van der Waals surface area (Å²) in [6, 6.07) is 16.7. The van der Waals surface area contributed by atoms with E-state index in [0.29, 0.717) is 31.9 Å². The van der Waals surface area contributed by atoms with E-state index >= 15 is 0 Å². The number of morpholine rings is 1. The van der Waals surface area contributed by atoms with Gasteiger partial charge in [-0.05, 0) is 30.2 Å². The monoisotopic (exact) mass is 338 g/mol. The Hall–Kier alpha value is -2.66. The van der Waals surface area contributed by atoms with Crippen LogP contribution < -0.4 is 5.32 Å². The molecule has 130 valence electrons. The molecule has 1 aliphatic rings. The number of ether oxygens (including phenoxy) is 1. The maximum Gasteiger partial charge on any atom is 0.251 e. The van der Waals surface area contributed by atoms with Crippen LogP contribution in [0.5, 0.6) is 0 Å². The SMILES string of the molecule is C[C@@H](NC(=O)c1cccc(-c2ccccc2)c1)C(=O)N1CCOCC1. The van der Waals surface area contributed by atoms with Gasteiger partial charge >= 0.3 is 0 Å². The molecule has 2 amide bonds. The molecule has 0 bridgehead atoms. The fourth-order valence-corrected chi connectivity index (χ4v) is 2.87. The average molecular weight is 338 g/mol. The van der Waals surface area contributed by atoms with Crippen molar-refractivity contribution >= 4 is 11.8 Å². The van der Waals surface area contributed by atoms with Crippen LogP contribution in [0.2, 0.25) is 0 Å². The number of nitrogens with one attached hydrogen (secondary N) is 1. The van der Waals surface area contributed by atoms with Crippen LogP contribution in [0, 0.1) is 0 Å². The molecule has 25 heavy (non-hydrogen) atoms. The molecule has 1 aliphatic heterocycles. The summed E-state index contributed by atoms with van der Waals surface area (Å²) in [6.45, 7) is 3.96. The molecular formula is C20H22N2O3. The summed E-state index contributed by atoms with van der Waals surface area (Å²) in [4.78, 5) is 26.7. The lowest BCUT2D eigenvalue weighted by molar-refractivity contribution is -0.136. The van der Waals surface area contributed by atoms with E-state index < -0.39 is 6.04 Å². The Kier molecular flexibility index (Phi) is 5.46. The fourth-order valence-electron chi connectivity index (χ4n) is 2.87. The minimum absolute atomic E-state index is 0.0733. The predicted molar refractivity (Wildman–Crippen MR) is 96.2 cm³/mol. The first kappa shape index (κ1) is 17.2. The summed E-state index contributed by atoms with van der Waals surface area (Å²) in [6.07, 6.45) is 0. The van der Waals surface area contributed by atoms with Crippen molar-refractivity contribution in [1.82, 2.24) is 10.2 Å². The molecular weight excluding hydrogens is 316 g/mol. The molecule has 0 saturated carbocycles. The number of benzene rings is 2. The van der Waals surface area contributed by atoms with Crippen LogP contribution in [-0.4, -0.2) is 49.1 Å². The number of carbonyl (C=O) groups excluding carboxylic acids is 2. The van der Waals surface area contributed by atoms with Gasteiger partial charge in [-0.3, -0.25) is 9.59 Å². The number of rotatable bonds is 4. The van der Waals surface area contributed by atoms with Gasteiger partial charge in [-0.1, -0.05) is 42.5 Å². The highest BCUT2D eigenvalue weighted by atomic mass is 16.5. The van der Waals surface area contributed by atoms with Crippen LogP contribution in [0.3, 0.4) is 0 Å². The number of hydrogen-bond donors (Lipinski definition) is 1. The second kappa shape index (κ2) is 7.94. The van der Waals surface area contributed by atoms with Crippen molar-refractivity contribution in [3.63, 3.8) is 0 Å². The van der Waals surface area contributed by atoms with E-state index in [0.717, 1.165) is 11.1 Å². The molecule has 1 saturated heterocycles. The Morgan fingerprint density at radius 3 is 2.40 bits per heavy atom. The summed E-state index contributed by atoms with van der Waals surface area (Å²) >= 11 is 0. The minimum atomic E-state index is -0.564. The van der Waals surface area contributed by atoms with Crippen LogP contribution in [0.1, 0.15) is 17.3 Å². The summed E-state index contributed by atoms with van der Waals surface area (Å²) in [5.41, 5.74) is 2.57. The van der Waals surface area contributed by atoms with Gasteiger partial charge in [-0.2, -0.15) is 0 Å². The maximum atomic E-state index is 12.5. The molecule has 1 atom stereocenters. The minimum Gasteiger partial charge on any atom is -0.378 e. The molecule has 0 unspecified atom stereocenters. The zero-order valence-electron chi connectivity index (χ0n) is 14.3. The smallest absolute Gasteiger partial charge is 0.251 e. The van der Waals surface area contributed by atoms with Crippen molar-refractivity contribution in [3.05, 3.63) is 60.2 Å². The third-order valence-electron chi connectivity index (χ3n) is 4.27. The van der Waals surface area contributed by atoms with Gasteiger partial charge in [0.2, 0.25) is 5.91 Å². The standard InChI is InChI=1S/C20H22N2O3/c1-15(20(24)22-10-12-25-13-11-22)21-19(23)18-9-5-8-17(14-18)16-6-3-2-4-7-16/h2-9,14-15H,10-13H2,1H3,(H,21,23)/t15-/m1/s1. The zero-order chi connectivity index (χ0) is 17.6. The number of nitrogens with zero attached hydrogens (tertiary/aromatic N) is 1. The fraction of sp³-hybridized carbons (Fsp3) is 0.300. The topological polar surface area (TPSA) is 58.6 Å². The van der Waals surface area contributed by atoms with Crippen molar-refractivity contribution in [2.24, 2.45) is 0 Å². The Morgan fingerprint density at radius 1 is 1.00 bits per heavy atom. The number of hydrogen-bond acceptors (Lipinski definition) is 3. The summed E-state index contributed by atoms with van der Waals surface area (Å²) < 4.78 is 5.25. The largest absolute Gasteiger partial charge is 0.378 e. The Balaban J connectivity index is 1.67. The highest BCUT2D eigenvalue weighted by Crippen LogP contribution is 2.20. The first-order valence-corrected chi connectivity index (χ1v) is 8.48. The summed E-state index contributed by atoms with van der Waals surface area (Å²) in [5.74, 6) is -0.317. The predicted octanol–water partition coefficient (Wildman–Crippen LogP) is 2.33. The molecule has 0 radical (unpaired) electrons. The molecule has 2 aromatic carbocycles. The van der Waals surface area contributed by atoms with E-state index in [1.54, 1.807) is 17.9 Å². The first-order chi connectivity index (χ1) is 12.1.